The van der Waals surface area contributed by atoms with Gasteiger partial charge in [0.05, 0.1) is 11.7 Å². The summed E-state index contributed by atoms with van der Waals surface area (Å²) in [6.45, 7) is 6.26. The maximum absolute atomic E-state index is 9.77. The van der Waals surface area contributed by atoms with Crippen molar-refractivity contribution < 1.29 is 5.11 Å². The third-order valence-corrected chi connectivity index (χ3v) is 6.95. The molecule has 1 heterocycles. The molecule has 2 atom stereocenters. The quantitative estimate of drug-likeness (QED) is 0.336. The minimum Gasteiger partial charge on any atom is -0.508 e. The number of fused-ring (bicyclic) bond motifs is 1. The third-order valence-electron chi connectivity index (χ3n) is 6.60. The van der Waals surface area contributed by atoms with Crippen LogP contribution in [0.4, 0.5) is 0 Å². The molecule has 5 heteroatoms. The van der Waals surface area contributed by atoms with Crippen LogP contribution in [0.25, 0.3) is 11.4 Å². The number of benzene rings is 2. The normalized spacial score (nSPS) is 17.8. The molecule has 4 nitrogen and oxygen atoms in total. The van der Waals surface area contributed by atoms with E-state index in [1.165, 1.54) is 30.7 Å². The Balaban J connectivity index is 1.67. The zero-order valence-corrected chi connectivity index (χ0v) is 19.9. The monoisotopic (exact) mass is 451 g/mol. The Morgan fingerprint density at radius 1 is 1.09 bits per heavy atom. The topological polar surface area (TPSA) is 52.1 Å². The molecule has 0 amide bonds. The number of H-pyrrole nitrogens is 1. The molecule has 0 bridgehead atoms. The summed E-state index contributed by atoms with van der Waals surface area (Å²) in [6.07, 6.45) is 7.01. The Morgan fingerprint density at radius 3 is 2.59 bits per heavy atom. The molecule has 0 aliphatic heterocycles. The lowest BCUT2D eigenvalue weighted by atomic mass is 9.98. The van der Waals surface area contributed by atoms with Crippen LogP contribution in [0.1, 0.15) is 81.3 Å². The van der Waals surface area contributed by atoms with Gasteiger partial charge in [0.2, 0.25) is 0 Å². The van der Waals surface area contributed by atoms with Crippen molar-refractivity contribution in [3.05, 3.63) is 70.5 Å². The average molecular weight is 452 g/mol. The van der Waals surface area contributed by atoms with E-state index in [1.807, 2.05) is 12.1 Å². The van der Waals surface area contributed by atoms with E-state index in [0.717, 1.165) is 49.3 Å². The molecule has 0 saturated carbocycles. The maximum Gasteiger partial charge on any atom is 0.137 e. The van der Waals surface area contributed by atoms with Crippen molar-refractivity contribution >= 4 is 11.6 Å². The highest BCUT2D eigenvalue weighted by Crippen LogP contribution is 2.46. The largest absolute Gasteiger partial charge is 0.508 e. The van der Waals surface area contributed by atoms with Gasteiger partial charge in [-0.2, -0.15) is 0 Å². The molecule has 1 aromatic heterocycles. The fourth-order valence-electron chi connectivity index (χ4n) is 4.82. The summed E-state index contributed by atoms with van der Waals surface area (Å²) in [6, 6.07) is 16.0. The van der Waals surface area contributed by atoms with Crippen molar-refractivity contribution in [1.82, 2.24) is 14.9 Å². The van der Waals surface area contributed by atoms with Crippen LogP contribution in [0.2, 0.25) is 5.02 Å². The van der Waals surface area contributed by atoms with Gasteiger partial charge in [0.25, 0.3) is 0 Å². The predicted molar refractivity (Wildman–Crippen MR) is 132 cm³/mol. The van der Waals surface area contributed by atoms with E-state index in [0.29, 0.717) is 10.9 Å². The van der Waals surface area contributed by atoms with Crippen LogP contribution in [0.15, 0.2) is 48.5 Å². The second kappa shape index (κ2) is 10.5. The molecule has 3 aromatic rings. The second-order valence-electron chi connectivity index (χ2n) is 8.94. The summed E-state index contributed by atoms with van der Waals surface area (Å²) in [5.74, 6) is 1.70. The highest BCUT2D eigenvalue weighted by Gasteiger charge is 2.37. The van der Waals surface area contributed by atoms with E-state index < -0.39 is 0 Å². The molecule has 0 radical (unpaired) electrons. The zero-order chi connectivity index (χ0) is 22.5. The van der Waals surface area contributed by atoms with Gasteiger partial charge in [0.1, 0.15) is 11.6 Å². The molecular weight excluding hydrogens is 418 g/mol. The summed E-state index contributed by atoms with van der Waals surface area (Å²) in [5.41, 5.74) is 4.71. The molecule has 0 fully saturated rings. The number of hydrogen-bond donors (Lipinski definition) is 2. The molecule has 2 unspecified atom stereocenters. The number of aromatic hydroxyl groups is 1. The first-order chi connectivity index (χ1) is 15.6. The van der Waals surface area contributed by atoms with Crippen LogP contribution < -0.4 is 0 Å². The van der Waals surface area contributed by atoms with Crippen molar-refractivity contribution in [2.75, 3.05) is 6.54 Å². The van der Waals surface area contributed by atoms with E-state index >= 15 is 0 Å². The minimum atomic E-state index is 0.210. The number of unbranched alkanes of at least 4 members (excludes halogenated alkanes) is 2. The molecular formula is C27H34ClN3O. The molecule has 2 aromatic carbocycles. The summed E-state index contributed by atoms with van der Waals surface area (Å²) in [5, 5.41) is 10.4. The molecule has 0 saturated heterocycles. The van der Waals surface area contributed by atoms with Crippen molar-refractivity contribution in [2.45, 2.75) is 70.9 Å². The number of phenolic OH excluding ortho intramolecular Hbond substituents is 1. The van der Waals surface area contributed by atoms with E-state index in [4.69, 9.17) is 16.6 Å². The second-order valence-corrected chi connectivity index (χ2v) is 9.35. The number of imidazole rings is 1. The SMILES string of the molecule is CCCCC1CC(N(CCCC)Cc2ccc(O)cc2Cl)c2nc(-c3ccccc3)[nH]c21. The van der Waals surface area contributed by atoms with Gasteiger partial charge < -0.3 is 10.1 Å². The van der Waals surface area contributed by atoms with Gasteiger partial charge in [-0.05, 0) is 43.5 Å². The number of rotatable bonds is 10. The van der Waals surface area contributed by atoms with Crippen LogP contribution in [0.3, 0.4) is 0 Å². The maximum atomic E-state index is 9.77. The summed E-state index contributed by atoms with van der Waals surface area (Å²) < 4.78 is 0. The van der Waals surface area contributed by atoms with Crippen molar-refractivity contribution in [1.29, 1.82) is 0 Å². The number of phenols is 1. The van der Waals surface area contributed by atoms with Crippen LogP contribution in [-0.2, 0) is 6.54 Å². The lowest BCUT2D eigenvalue weighted by Gasteiger charge is -2.29. The highest BCUT2D eigenvalue weighted by atomic mass is 35.5. The third kappa shape index (κ3) is 5.02. The Hall–Kier alpha value is -2.30. The van der Waals surface area contributed by atoms with Gasteiger partial charge in [0, 0.05) is 28.7 Å². The van der Waals surface area contributed by atoms with Crippen LogP contribution >= 0.6 is 11.6 Å². The molecule has 4 rings (SSSR count). The first kappa shape index (κ1) is 22.9. The van der Waals surface area contributed by atoms with Crippen molar-refractivity contribution in [2.24, 2.45) is 0 Å². The lowest BCUT2D eigenvalue weighted by molar-refractivity contribution is 0.175. The van der Waals surface area contributed by atoms with Crippen molar-refractivity contribution in [3.8, 4) is 17.1 Å². The molecule has 1 aliphatic carbocycles. The fraction of sp³-hybridized carbons (Fsp3) is 0.444. The predicted octanol–water partition coefficient (Wildman–Crippen LogP) is 7.46. The fourth-order valence-corrected chi connectivity index (χ4v) is 5.06. The Kier molecular flexibility index (Phi) is 7.54. The molecule has 2 N–H and O–H groups in total. The summed E-state index contributed by atoms with van der Waals surface area (Å²) in [7, 11) is 0. The molecule has 32 heavy (non-hydrogen) atoms. The minimum absolute atomic E-state index is 0.210. The van der Waals surface area contributed by atoms with Crippen LogP contribution in [0.5, 0.6) is 5.75 Å². The van der Waals surface area contributed by atoms with Gasteiger partial charge in [-0.15, -0.1) is 0 Å². The number of aromatic amines is 1. The van der Waals surface area contributed by atoms with Gasteiger partial charge >= 0.3 is 0 Å². The van der Waals surface area contributed by atoms with Crippen LogP contribution in [0, 0.1) is 0 Å². The number of nitrogens with zero attached hydrogens (tertiary/aromatic N) is 2. The van der Waals surface area contributed by atoms with E-state index in [1.54, 1.807) is 12.1 Å². The highest BCUT2D eigenvalue weighted by molar-refractivity contribution is 6.31. The molecule has 170 valence electrons. The summed E-state index contributed by atoms with van der Waals surface area (Å²) in [4.78, 5) is 11.4. The Labute approximate surface area is 196 Å². The number of aromatic nitrogens is 2. The van der Waals surface area contributed by atoms with Gasteiger partial charge in [0.15, 0.2) is 0 Å². The number of nitrogens with one attached hydrogen (secondary N) is 1. The lowest BCUT2D eigenvalue weighted by Crippen LogP contribution is -2.29. The standard InChI is InChI=1S/C27H34ClN3O/c1-3-5-10-20-16-24(26-25(20)29-27(30-26)19-11-8-7-9-12-19)31(15-6-4-2)18-21-13-14-22(32)17-23(21)28/h7-9,11-14,17,20,24,32H,3-6,10,15-16,18H2,1-2H3,(H,29,30). The smallest absolute Gasteiger partial charge is 0.137 e. The van der Waals surface area contributed by atoms with E-state index in [9.17, 15) is 5.11 Å². The summed E-state index contributed by atoms with van der Waals surface area (Å²) >= 11 is 6.49. The van der Waals surface area contributed by atoms with Crippen molar-refractivity contribution in [3.63, 3.8) is 0 Å². The van der Waals surface area contributed by atoms with Crippen LogP contribution in [-0.4, -0.2) is 26.5 Å². The van der Waals surface area contributed by atoms with E-state index in [2.05, 4.69) is 48.0 Å². The number of halogens is 1. The Bertz CT molecular complexity index is 1020. The first-order valence-corrected chi connectivity index (χ1v) is 12.3. The Morgan fingerprint density at radius 2 is 1.88 bits per heavy atom. The first-order valence-electron chi connectivity index (χ1n) is 12.0. The average Bonchev–Trinajstić information content (AvgIpc) is 3.37. The molecule has 0 spiro atoms. The number of hydrogen-bond acceptors (Lipinski definition) is 3. The van der Waals surface area contributed by atoms with E-state index in [-0.39, 0.29) is 11.8 Å². The van der Waals surface area contributed by atoms with Gasteiger partial charge in [-0.1, -0.05) is 81.1 Å². The van der Waals surface area contributed by atoms with Gasteiger partial charge in [-0.25, -0.2) is 4.98 Å². The van der Waals surface area contributed by atoms with Gasteiger partial charge in [-0.3, -0.25) is 4.90 Å². The molecule has 1 aliphatic rings. The zero-order valence-electron chi connectivity index (χ0n) is 19.1.